The minimum absolute atomic E-state index is 0.352. The summed E-state index contributed by atoms with van der Waals surface area (Å²) in [4.78, 5) is 2.53. The number of hydrogen-bond donors (Lipinski definition) is 1. The summed E-state index contributed by atoms with van der Waals surface area (Å²) < 4.78 is 5.22. The zero-order valence-corrected chi connectivity index (χ0v) is 12.7. The third-order valence-corrected chi connectivity index (χ3v) is 4.62. The lowest BCUT2D eigenvalue weighted by Gasteiger charge is -2.43. The quantitative estimate of drug-likeness (QED) is 0.760. The second kappa shape index (κ2) is 7.46. The Hall–Kier alpha value is -0.120. The third kappa shape index (κ3) is 4.52. The summed E-state index contributed by atoms with van der Waals surface area (Å²) in [5, 5.41) is 0. The summed E-state index contributed by atoms with van der Waals surface area (Å²) in [6, 6.07) is 0.572. The van der Waals surface area contributed by atoms with E-state index < -0.39 is 0 Å². The fourth-order valence-electron chi connectivity index (χ4n) is 2.96. The van der Waals surface area contributed by atoms with Crippen LogP contribution in [0.15, 0.2) is 0 Å². The molecule has 0 aromatic carbocycles. The molecule has 18 heavy (non-hydrogen) atoms. The van der Waals surface area contributed by atoms with Crippen LogP contribution in [-0.2, 0) is 4.74 Å². The molecular weight excluding hydrogens is 224 g/mol. The van der Waals surface area contributed by atoms with Crippen LogP contribution in [-0.4, -0.2) is 44.3 Å². The normalized spacial score (nSPS) is 29.2. The number of hydrogen-bond acceptors (Lipinski definition) is 3. The van der Waals surface area contributed by atoms with Gasteiger partial charge < -0.3 is 10.5 Å². The number of ether oxygens (including phenoxy) is 1. The van der Waals surface area contributed by atoms with Gasteiger partial charge in [0.2, 0.25) is 0 Å². The molecular formula is C15H32N2O. The predicted octanol–water partition coefficient (Wildman–Crippen LogP) is 2.50. The van der Waals surface area contributed by atoms with Crippen LogP contribution in [0.25, 0.3) is 0 Å². The van der Waals surface area contributed by atoms with Crippen LogP contribution in [0.2, 0.25) is 0 Å². The van der Waals surface area contributed by atoms with Crippen molar-refractivity contribution in [3.63, 3.8) is 0 Å². The molecule has 0 spiro atoms. The summed E-state index contributed by atoms with van der Waals surface area (Å²) in [6.45, 7) is 10.7. The molecule has 1 rings (SSSR count). The second-order valence-electron chi connectivity index (χ2n) is 6.44. The molecule has 108 valence electrons. The molecule has 3 nitrogen and oxygen atoms in total. The van der Waals surface area contributed by atoms with Crippen molar-refractivity contribution >= 4 is 0 Å². The van der Waals surface area contributed by atoms with E-state index in [9.17, 15) is 0 Å². The monoisotopic (exact) mass is 256 g/mol. The van der Waals surface area contributed by atoms with E-state index >= 15 is 0 Å². The maximum absolute atomic E-state index is 6.10. The van der Waals surface area contributed by atoms with Crippen molar-refractivity contribution in [2.24, 2.45) is 17.1 Å². The highest BCUT2D eigenvalue weighted by atomic mass is 16.5. The Balaban J connectivity index is 2.58. The summed E-state index contributed by atoms with van der Waals surface area (Å²) in [7, 11) is 1.78. The average molecular weight is 256 g/mol. The Morgan fingerprint density at radius 1 is 1.33 bits per heavy atom. The molecule has 0 heterocycles. The largest absolute Gasteiger partial charge is 0.383 e. The molecule has 0 amide bonds. The van der Waals surface area contributed by atoms with Gasteiger partial charge in [-0.15, -0.1) is 0 Å². The van der Waals surface area contributed by atoms with E-state index in [2.05, 4.69) is 25.7 Å². The highest BCUT2D eigenvalue weighted by Gasteiger charge is 2.35. The van der Waals surface area contributed by atoms with Gasteiger partial charge in [0.15, 0.2) is 0 Å². The molecule has 2 N–H and O–H groups in total. The Morgan fingerprint density at radius 2 is 1.94 bits per heavy atom. The van der Waals surface area contributed by atoms with E-state index in [0.29, 0.717) is 11.5 Å². The van der Waals surface area contributed by atoms with Gasteiger partial charge >= 0.3 is 0 Å². The zero-order valence-electron chi connectivity index (χ0n) is 12.7. The van der Waals surface area contributed by atoms with Gasteiger partial charge in [0.1, 0.15) is 0 Å². The van der Waals surface area contributed by atoms with Crippen LogP contribution < -0.4 is 5.73 Å². The first-order valence-corrected chi connectivity index (χ1v) is 7.46. The molecule has 1 aliphatic rings. The average Bonchev–Trinajstić information content (AvgIpc) is 2.37. The molecule has 0 atom stereocenters. The van der Waals surface area contributed by atoms with Crippen LogP contribution in [0.1, 0.15) is 46.5 Å². The van der Waals surface area contributed by atoms with Gasteiger partial charge in [-0.1, -0.05) is 19.8 Å². The van der Waals surface area contributed by atoms with Crippen LogP contribution in [0.3, 0.4) is 0 Å². The Kier molecular flexibility index (Phi) is 6.61. The number of nitrogens with two attached hydrogens (primary N) is 1. The van der Waals surface area contributed by atoms with Crippen molar-refractivity contribution in [2.75, 3.05) is 33.4 Å². The van der Waals surface area contributed by atoms with Gasteiger partial charge in [-0.05, 0) is 44.6 Å². The van der Waals surface area contributed by atoms with Crippen molar-refractivity contribution in [1.82, 2.24) is 4.90 Å². The van der Waals surface area contributed by atoms with Crippen LogP contribution in [0, 0.1) is 11.3 Å². The minimum Gasteiger partial charge on any atom is -0.383 e. The van der Waals surface area contributed by atoms with Crippen LogP contribution in [0.4, 0.5) is 0 Å². The van der Waals surface area contributed by atoms with E-state index in [4.69, 9.17) is 10.5 Å². The van der Waals surface area contributed by atoms with E-state index in [1.807, 2.05) is 0 Å². The second-order valence-corrected chi connectivity index (χ2v) is 6.44. The first-order chi connectivity index (χ1) is 8.53. The van der Waals surface area contributed by atoms with Gasteiger partial charge in [-0.3, -0.25) is 4.90 Å². The molecule has 1 aliphatic carbocycles. The van der Waals surface area contributed by atoms with Gasteiger partial charge in [0.25, 0.3) is 0 Å². The molecule has 0 unspecified atom stereocenters. The first-order valence-electron chi connectivity index (χ1n) is 7.46. The molecule has 1 saturated carbocycles. The molecule has 0 radical (unpaired) electrons. The molecule has 0 aromatic rings. The van der Waals surface area contributed by atoms with Crippen molar-refractivity contribution in [3.8, 4) is 0 Å². The lowest BCUT2D eigenvalue weighted by atomic mass is 9.70. The standard InChI is InChI=1S/C15H32N2O/c1-13(2)17(9-10-18-4)12-15(11-16)7-5-14(3)6-8-15/h13-14H,5-12,16H2,1-4H3. The summed E-state index contributed by atoms with van der Waals surface area (Å²) in [6.07, 6.45) is 5.27. The number of nitrogens with zero attached hydrogens (tertiary/aromatic N) is 1. The minimum atomic E-state index is 0.352. The fourth-order valence-corrected chi connectivity index (χ4v) is 2.96. The zero-order chi connectivity index (χ0) is 13.6. The topological polar surface area (TPSA) is 38.5 Å². The third-order valence-electron chi connectivity index (χ3n) is 4.62. The van der Waals surface area contributed by atoms with E-state index in [1.165, 1.54) is 25.7 Å². The van der Waals surface area contributed by atoms with Crippen molar-refractivity contribution < 1.29 is 4.74 Å². The molecule has 0 aromatic heterocycles. The Labute approximate surface area is 113 Å². The maximum atomic E-state index is 6.10. The van der Waals surface area contributed by atoms with Crippen molar-refractivity contribution in [1.29, 1.82) is 0 Å². The fraction of sp³-hybridized carbons (Fsp3) is 1.00. The maximum Gasteiger partial charge on any atom is 0.0589 e. The summed E-state index contributed by atoms with van der Waals surface area (Å²) >= 11 is 0. The molecule has 0 aliphatic heterocycles. The summed E-state index contributed by atoms with van der Waals surface area (Å²) in [5.41, 5.74) is 6.45. The molecule has 0 saturated heterocycles. The van der Waals surface area contributed by atoms with Crippen molar-refractivity contribution in [2.45, 2.75) is 52.5 Å². The SMILES string of the molecule is COCCN(CC1(CN)CCC(C)CC1)C(C)C. The lowest BCUT2D eigenvalue weighted by molar-refractivity contribution is 0.0578. The lowest BCUT2D eigenvalue weighted by Crippen LogP contribution is -2.47. The van der Waals surface area contributed by atoms with E-state index in [0.717, 1.165) is 32.2 Å². The smallest absolute Gasteiger partial charge is 0.0589 e. The van der Waals surface area contributed by atoms with Gasteiger partial charge in [0, 0.05) is 26.2 Å². The van der Waals surface area contributed by atoms with Gasteiger partial charge in [0.05, 0.1) is 6.61 Å². The Morgan fingerprint density at radius 3 is 2.39 bits per heavy atom. The highest BCUT2D eigenvalue weighted by Crippen LogP contribution is 2.39. The number of methoxy groups -OCH3 is 1. The molecule has 3 heteroatoms. The van der Waals surface area contributed by atoms with Gasteiger partial charge in [-0.2, -0.15) is 0 Å². The van der Waals surface area contributed by atoms with Crippen molar-refractivity contribution in [3.05, 3.63) is 0 Å². The van der Waals surface area contributed by atoms with E-state index in [1.54, 1.807) is 7.11 Å². The number of rotatable bonds is 7. The van der Waals surface area contributed by atoms with Crippen LogP contribution >= 0.6 is 0 Å². The molecule has 0 bridgehead atoms. The van der Waals surface area contributed by atoms with Gasteiger partial charge in [-0.25, -0.2) is 0 Å². The van der Waals surface area contributed by atoms with E-state index in [-0.39, 0.29) is 0 Å². The van der Waals surface area contributed by atoms with Crippen LogP contribution in [0.5, 0.6) is 0 Å². The molecule has 1 fully saturated rings. The summed E-state index contributed by atoms with van der Waals surface area (Å²) in [5.74, 6) is 0.885. The first kappa shape index (κ1) is 15.9. The predicted molar refractivity (Wildman–Crippen MR) is 77.7 cm³/mol. The Bertz CT molecular complexity index is 223. The highest BCUT2D eigenvalue weighted by molar-refractivity contribution is 4.89.